The number of nitrogens with one attached hydrogen (secondary N) is 2. The third-order valence-electron chi connectivity index (χ3n) is 6.19. The summed E-state index contributed by atoms with van der Waals surface area (Å²) >= 11 is 0. The van der Waals surface area contributed by atoms with E-state index in [0.29, 0.717) is 22.4 Å². The maximum absolute atomic E-state index is 12.9. The topological polar surface area (TPSA) is 140 Å². The third kappa shape index (κ3) is 4.59. The van der Waals surface area contributed by atoms with Crippen molar-refractivity contribution in [3.05, 3.63) is 52.6 Å². The van der Waals surface area contributed by atoms with Gasteiger partial charge in [0.25, 0.3) is 17.6 Å². The van der Waals surface area contributed by atoms with Crippen LogP contribution in [0.4, 0.5) is 0 Å². The second-order valence-corrected chi connectivity index (χ2v) is 8.31. The fourth-order valence-corrected chi connectivity index (χ4v) is 4.34. The van der Waals surface area contributed by atoms with Crippen LogP contribution in [-0.2, 0) is 27.5 Å². The second kappa shape index (κ2) is 10.1. The molecule has 1 saturated heterocycles. The van der Waals surface area contributed by atoms with Crippen molar-refractivity contribution in [2.24, 2.45) is 0 Å². The molecule has 0 radical (unpaired) electrons. The first-order chi connectivity index (χ1) is 17.3. The number of rotatable bonds is 8. The molecule has 2 aliphatic heterocycles. The Morgan fingerprint density at radius 2 is 1.72 bits per heavy atom. The van der Waals surface area contributed by atoms with Gasteiger partial charge in [0.1, 0.15) is 28.9 Å². The molecule has 2 aromatic carbocycles. The van der Waals surface area contributed by atoms with Crippen molar-refractivity contribution in [1.29, 1.82) is 0 Å². The van der Waals surface area contributed by atoms with Crippen LogP contribution < -0.4 is 24.8 Å². The number of benzene rings is 2. The number of nitrogens with zero attached hydrogens (tertiary/aromatic N) is 1. The van der Waals surface area contributed by atoms with Crippen molar-refractivity contribution in [3.8, 4) is 17.2 Å². The molecule has 2 N–H and O–H groups in total. The molecule has 11 nitrogen and oxygen atoms in total. The number of ether oxygens (including phenoxy) is 3. The lowest BCUT2D eigenvalue weighted by Gasteiger charge is -2.29. The molecule has 188 valence electrons. The van der Waals surface area contributed by atoms with Crippen LogP contribution in [0.25, 0.3) is 0 Å². The summed E-state index contributed by atoms with van der Waals surface area (Å²) in [6.07, 6.45) is 0.444. The zero-order chi connectivity index (χ0) is 26.0. The highest BCUT2D eigenvalue weighted by molar-refractivity contribution is 6.44. The van der Waals surface area contributed by atoms with Crippen LogP contribution in [0.5, 0.6) is 17.2 Å². The molecular weight excluding hydrogens is 470 g/mol. The van der Waals surface area contributed by atoms with Crippen LogP contribution in [0, 0.1) is 0 Å². The first kappa shape index (κ1) is 24.7. The second-order valence-electron chi connectivity index (χ2n) is 8.31. The van der Waals surface area contributed by atoms with Gasteiger partial charge in [0, 0.05) is 37.2 Å². The van der Waals surface area contributed by atoms with E-state index in [9.17, 15) is 24.0 Å². The van der Waals surface area contributed by atoms with E-state index in [4.69, 9.17) is 14.2 Å². The van der Waals surface area contributed by atoms with Crippen molar-refractivity contribution < 1.29 is 38.2 Å². The van der Waals surface area contributed by atoms with Gasteiger partial charge in [-0.15, -0.1) is 0 Å². The number of carbonyl (C=O) groups excluding carboxylic acids is 5. The van der Waals surface area contributed by atoms with Gasteiger partial charge in [-0.05, 0) is 23.6 Å². The number of methoxy groups -OCH3 is 3. The number of piperidine rings is 1. The van der Waals surface area contributed by atoms with E-state index in [1.54, 1.807) is 18.2 Å². The first-order valence-electron chi connectivity index (χ1n) is 11.2. The number of hydrogen-bond donors (Lipinski definition) is 2. The molecule has 36 heavy (non-hydrogen) atoms. The molecule has 0 spiro atoms. The van der Waals surface area contributed by atoms with E-state index < -0.39 is 23.6 Å². The molecule has 1 fully saturated rings. The van der Waals surface area contributed by atoms with Gasteiger partial charge in [-0.1, -0.05) is 12.1 Å². The van der Waals surface area contributed by atoms with E-state index in [-0.39, 0.29) is 54.8 Å². The van der Waals surface area contributed by atoms with Crippen molar-refractivity contribution >= 4 is 29.4 Å². The molecule has 2 aliphatic rings. The molecule has 1 unspecified atom stereocenters. The van der Waals surface area contributed by atoms with Gasteiger partial charge in [-0.2, -0.15) is 0 Å². The van der Waals surface area contributed by atoms with Crippen molar-refractivity contribution in [1.82, 2.24) is 15.5 Å². The number of Topliss-reactive ketones (excluding diaryl/α,β-unsaturated/α-hetero) is 1. The minimum absolute atomic E-state index is 0.0299. The minimum Gasteiger partial charge on any atom is -0.496 e. The summed E-state index contributed by atoms with van der Waals surface area (Å²) in [5.41, 5.74) is 1.79. The largest absolute Gasteiger partial charge is 0.496 e. The van der Waals surface area contributed by atoms with Gasteiger partial charge in [0.15, 0.2) is 0 Å². The van der Waals surface area contributed by atoms with Crippen LogP contribution in [0.15, 0.2) is 30.3 Å². The molecule has 0 aromatic heterocycles. The lowest BCUT2D eigenvalue weighted by Crippen LogP contribution is -2.52. The predicted octanol–water partition coefficient (Wildman–Crippen LogP) is 0.972. The predicted molar refractivity (Wildman–Crippen MR) is 125 cm³/mol. The monoisotopic (exact) mass is 495 g/mol. The molecule has 0 saturated carbocycles. The highest BCUT2D eigenvalue weighted by Crippen LogP contribution is 2.34. The summed E-state index contributed by atoms with van der Waals surface area (Å²) in [5.74, 6) is -2.15. The Bertz CT molecular complexity index is 1250. The first-order valence-corrected chi connectivity index (χ1v) is 11.2. The quantitative estimate of drug-likeness (QED) is 0.314. The summed E-state index contributed by atoms with van der Waals surface area (Å²) in [7, 11) is 4.19. The normalized spacial score (nSPS) is 16.8. The number of carbonyl (C=O) groups is 5. The summed E-state index contributed by atoms with van der Waals surface area (Å²) in [6.45, 7) is 0.243. The number of imide groups is 1. The Labute approximate surface area is 206 Å². The number of ketones is 1. The van der Waals surface area contributed by atoms with E-state index in [2.05, 4.69) is 10.6 Å². The van der Waals surface area contributed by atoms with Gasteiger partial charge < -0.3 is 24.4 Å². The summed E-state index contributed by atoms with van der Waals surface area (Å²) < 4.78 is 15.7. The lowest BCUT2D eigenvalue weighted by molar-refractivity contribution is -0.137. The van der Waals surface area contributed by atoms with Crippen LogP contribution in [0.3, 0.4) is 0 Å². The Hall–Kier alpha value is -4.41. The zero-order valence-electron chi connectivity index (χ0n) is 20.0. The van der Waals surface area contributed by atoms with E-state index in [1.807, 2.05) is 0 Å². The van der Waals surface area contributed by atoms with Crippen LogP contribution in [0.1, 0.15) is 44.7 Å². The summed E-state index contributed by atoms with van der Waals surface area (Å²) in [5, 5.41) is 4.85. The standard InChI is InChI=1S/C25H25N3O8/c1-34-15-9-18(35-2)21(19(10-15)36-3)22(30)24(32)26-11-13-4-5-16-14(8-13)12-28(25(16)33)17-6-7-20(29)27-23(17)31/h4-5,8-10,17H,6-7,11-12H2,1-3H3,(H,26,32)(H,27,29,31). The molecule has 2 aromatic rings. The van der Waals surface area contributed by atoms with Gasteiger partial charge >= 0.3 is 0 Å². The summed E-state index contributed by atoms with van der Waals surface area (Å²) in [6, 6.07) is 7.30. The van der Waals surface area contributed by atoms with Crippen molar-refractivity contribution in [3.63, 3.8) is 0 Å². The summed E-state index contributed by atoms with van der Waals surface area (Å²) in [4.78, 5) is 63.5. The van der Waals surface area contributed by atoms with Crippen LogP contribution in [-0.4, -0.2) is 61.7 Å². The zero-order valence-corrected chi connectivity index (χ0v) is 20.0. The molecular formula is C25H25N3O8. The lowest BCUT2D eigenvalue weighted by atomic mass is 10.0. The highest BCUT2D eigenvalue weighted by Gasteiger charge is 2.39. The fraction of sp³-hybridized carbons (Fsp3) is 0.320. The molecule has 2 heterocycles. The van der Waals surface area contributed by atoms with Gasteiger partial charge in [-0.25, -0.2) is 0 Å². The van der Waals surface area contributed by atoms with Crippen molar-refractivity contribution in [2.75, 3.05) is 21.3 Å². The van der Waals surface area contributed by atoms with Gasteiger partial charge in [0.2, 0.25) is 11.8 Å². The molecule has 0 aliphatic carbocycles. The van der Waals surface area contributed by atoms with Crippen LogP contribution in [0.2, 0.25) is 0 Å². The minimum atomic E-state index is -0.862. The number of amides is 4. The molecule has 4 amide bonds. The Balaban J connectivity index is 1.45. The maximum Gasteiger partial charge on any atom is 0.292 e. The number of fused-ring (bicyclic) bond motifs is 1. The average Bonchev–Trinajstić information content (AvgIpc) is 3.21. The Morgan fingerprint density at radius 1 is 1.03 bits per heavy atom. The molecule has 4 rings (SSSR count). The van der Waals surface area contributed by atoms with E-state index >= 15 is 0 Å². The smallest absolute Gasteiger partial charge is 0.292 e. The average molecular weight is 495 g/mol. The molecule has 0 bridgehead atoms. The maximum atomic E-state index is 12.9. The van der Waals surface area contributed by atoms with Crippen LogP contribution >= 0.6 is 0 Å². The van der Waals surface area contributed by atoms with E-state index in [0.717, 1.165) is 0 Å². The van der Waals surface area contributed by atoms with E-state index in [1.165, 1.54) is 38.4 Å². The van der Waals surface area contributed by atoms with Crippen molar-refractivity contribution in [2.45, 2.75) is 32.0 Å². The molecule has 11 heteroatoms. The Kier molecular flexibility index (Phi) is 6.91. The van der Waals surface area contributed by atoms with Gasteiger partial charge in [0.05, 0.1) is 21.3 Å². The fourth-order valence-electron chi connectivity index (χ4n) is 4.34. The molecule has 1 atom stereocenters. The SMILES string of the molecule is COc1cc(OC)c(C(=O)C(=O)NCc2ccc3c(c2)CN(C2CCC(=O)NC2=O)C3=O)c(OC)c1. The number of hydrogen-bond acceptors (Lipinski definition) is 8. The third-order valence-corrected chi connectivity index (χ3v) is 6.19. The van der Waals surface area contributed by atoms with Gasteiger partial charge in [-0.3, -0.25) is 29.3 Å². The Morgan fingerprint density at radius 3 is 2.33 bits per heavy atom. The highest BCUT2D eigenvalue weighted by atomic mass is 16.5.